The fourth-order valence-electron chi connectivity index (χ4n) is 2.53. The smallest absolute Gasteiger partial charge is 0.121 e. The summed E-state index contributed by atoms with van der Waals surface area (Å²) in [7, 11) is 0. The molecule has 4 heteroatoms. The Hall–Kier alpha value is -1.06. The highest BCUT2D eigenvalue weighted by atomic mass is 35.5. The predicted molar refractivity (Wildman–Crippen MR) is 84.2 cm³/mol. The van der Waals surface area contributed by atoms with E-state index in [1.54, 1.807) is 0 Å². The molecule has 0 fully saturated rings. The second-order valence-corrected chi connectivity index (χ2v) is 5.29. The van der Waals surface area contributed by atoms with E-state index in [1.165, 1.54) is 16.7 Å². The average Bonchev–Trinajstić information content (AvgIpc) is 2.81. The molecule has 0 saturated carbocycles. The number of benzene rings is 1. The van der Waals surface area contributed by atoms with Gasteiger partial charge in [-0.2, -0.15) is 0 Å². The van der Waals surface area contributed by atoms with Crippen LogP contribution in [0.5, 0.6) is 0 Å². The van der Waals surface area contributed by atoms with Gasteiger partial charge in [-0.3, -0.25) is 4.99 Å². The molecule has 0 amide bonds. The fourth-order valence-corrected chi connectivity index (χ4v) is 2.53. The minimum absolute atomic E-state index is 0. The molecule has 1 aromatic carbocycles. The molecule has 0 radical (unpaired) electrons. The highest BCUT2D eigenvalue weighted by molar-refractivity contribution is 5.90. The normalized spacial score (nSPS) is 16.3. The van der Waals surface area contributed by atoms with Crippen molar-refractivity contribution in [2.24, 2.45) is 10.7 Å². The number of nitrogens with zero attached hydrogens (tertiary/aromatic N) is 2. The van der Waals surface area contributed by atoms with Crippen molar-refractivity contribution in [3.8, 4) is 0 Å². The summed E-state index contributed by atoms with van der Waals surface area (Å²) in [6.07, 6.45) is 0. The van der Waals surface area contributed by atoms with Gasteiger partial charge in [-0.15, -0.1) is 12.4 Å². The van der Waals surface area contributed by atoms with Gasteiger partial charge in [-0.25, -0.2) is 0 Å². The van der Waals surface area contributed by atoms with Gasteiger partial charge in [0.25, 0.3) is 0 Å². The van der Waals surface area contributed by atoms with Crippen molar-refractivity contribution < 1.29 is 0 Å². The van der Waals surface area contributed by atoms with Gasteiger partial charge < -0.3 is 10.6 Å². The summed E-state index contributed by atoms with van der Waals surface area (Å²) in [5.74, 6) is 1.04. The van der Waals surface area contributed by atoms with Crippen LogP contribution in [0.4, 0.5) is 0 Å². The van der Waals surface area contributed by atoms with E-state index in [0.717, 1.165) is 18.9 Å². The number of rotatable bonds is 3. The third-order valence-corrected chi connectivity index (χ3v) is 3.79. The van der Waals surface area contributed by atoms with Crippen molar-refractivity contribution in [2.45, 2.75) is 39.8 Å². The van der Waals surface area contributed by atoms with Crippen molar-refractivity contribution >= 4 is 18.2 Å². The number of hydrogen-bond acceptors (Lipinski definition) is 3. The third kappa shape index (κ3) is 3.10. The largest absolute Gasteiger partial charge is 0.354 e. The molecule has 1 aliphatic heterocycles. The van der Waals surface area contributed by atoms with Crippen LogP contribution in [0.25, 0.3) is 0 Å². The SMILES string of the molecule is Cc1cccc(C(N)C2=NCCN2C(C)C)c1C.Cl. The van der Waals surface area contributed by atoms with Gasteiger partial charge in [0.15, 0.2) is 0 Å². The molecular weight excluding hydrogens is 258 g/mol. The third-order valence-electron chi connectivity index (χ3n) is 3.79. The van der Waals surface area contributed by atoms with E-state index in [0.29, 0.717) is 6.04 Å². The van der Waals surface area contributed by atoms with Crippen LogP contribution in [0, 0.1) is 13.8 Å². The minimum atomic E-state index is -0.102. The molecule has 2 rings (SSSR count). The van der Waals surface area contributed by atoms with Gasteiger partial charge in [0, 0.05) is 12.6 Å². The number of aliphatic imine (C=N–C) groups is 1. The van der Waals surface area contributed by atoms with Crippen LogP contribution in [0.1, 0.15) is 36.6 Å². The summed E-state index contributed by atoms with van der Waals surface area (Å²) >= 11 is 0. The first-order valence-corrected chi connectivity index (χ1v) is 6.65. The van der Waals surface area contributed by atoms with E-state index in [-0.39, 0.29) is 18.4 Å². The predicted octanol–water partition coefficient (Wildman–Crippen LogP) is 2.85. The van der Waals surface area contributed by atoms with Crippen LogP contribution >= 0.6 is 12.4 Å². The number of nitrogens with two attached hydrogens (primary N) is 1. The summed E-state index contributed by atoms with van der Waals surface area (Å²) in [6.45, 7) is 10.5. The molecule has 0 bridgehead atoms. The van der Waals surface area contributed by atoms with Gasteiger partial charge >= 0.3 is 0 Å². The highest BCUT2D eigenvalue weighted by Crippen LogP contribution is 2.23. The van der Waals surface area contributed by atoms with Crippen molar-refractivity contribution in [1.82, 2.24) is 4.90 Å². The second kappa shape index (κ2) is 6.40. The lowest BCUT2D eigenvalue weighted by Crippen LogP contribution is -2.40. The van der Waals surface area contributed by atoms with Crippen LogP contribution in [0.15, 0.2) is 23.2 Å². The molecule has 0 saturated heterocycles. The van der Waals surface area contributed by atoms with Gasteiger partial charge in [-0.05, 0) is 44.4 Å². The Bertz CT molecular complexity index is 468. The maximum Gasteiger partial charge on any atom is 0.121 e. The molecule has 106 valence electrons. The van der Waals surface area contributed by atoms with Crippen LogP contribution in [-0.2, 0) is 0 Å². The standard InChI is InChI=1S/C15H23N3.ClH/c1-10(2)18-9-8-17-15(18)14(16)13-7-5-6-11(3)12(13)4;/h5-7,10,14H,8-9,16H2,1-4H3;1H. The number of hydrogen-bond donors (Lipinski definition) is 1. The van der Waals surface area contributed by atoms with Crippen molar-refractivity contribution in [3.05, 3.63) is 34.9 Å². The lowest BCUT2D eigenvalue weighted by Gasteiger charge is -2.29. The molecule has 1 heterocycles. The molecule has 3 nitrogen and oxygen atoms in total. The van der Waals surface area contributed by atoms with Crippen LogP contribution in [0.3, 0.4) is 0 Å². The molecule has 0 aliphatic carbocycles. The second-order valence-electron chi connectivity index (χ2n) is 5.29. The Morgan fingerprint density at radius 3 is 2.58 bits per heavy atom. The summed E-state index contributed by atoms with van der Waals surface area (Å²) in [5, 5.41) is 0. The van der Waals surface area contributed by atoms with Crippen LogP contribution in [-0.4, -0.2) is 29.9 Å². The Morgan fingerprint density at radius 1 is 1.26 bits per heavy atom. The van der Waals surface area contributed by atoms with Crippen molar-refractivity contribution in [3.63, 3.8) is 0 Å². The first kappa shape index (κ1) is 16.0. The summed E-state index contributed by atoms with van der Waals surface area (Å²) in [6, 6.07) is 6.68. The van der Waals surface area contributed by atoms with Gasteiger partial charge in [0.1, 0.15) is 5.84 Å². The van der Waals surface area contributed by atoms with Crippen LogP contribution < -0.4 is 5.73 Å². The number of amidine groups is 1. The van der Waals surface area contributed by atoms with E-state index in [9.17, 15) is 0 Å². The number of halogens is 1. The highest BCUT2D eigenvalue weighted by Gasteiger charge is 2.26. The molecule has 0 spiro atoms. The Balaban J connectivity index is 0.00000180. The van der Waals surface area contributed by atoms with E-state index in [4.69, 9.17) is 5.73 Å². The summed E-state index contributed by atoms with van der Waals surface area (Å²) in [4.78, 5) is 6.91. The summed E-state index contributed by atoms with van der Waals surface area (Å²) < 4.78 is 0. The zero-order chi connectivity index (χ0) is 13.3. The molecule has 1 unspecified atom stereocenters. The molecule has 2 N–H and O–H groups in total. The maximum absolute atomic E-state index is 6.43. The maximum atomic E-state index is 6.43. The van der Waals surface area contributed by atoms with Gasteiger partial charge in [-0.1, -0.05) is 18.2 Å². The monoisotopic (exact) mass is 281 g/mol. The molecule has 1 atom stereocenters. The molecular formula is C15H24ClN3. The Kier molecular flexibility index (Phi) is 5.39. The topological polar surface area (TPSA) is 41.6 Å². The zero-order valence-corrected chi connectivity index (χ0v) is 13.0. The zero-order valence-electron chi connectivity index (χ0n) is 12.2. The quantitative estimate of drug-likeness (QED) is 0.926. The van der Waals surface area contributed by atoms with E-state index in [1.807, 2.05) is 0 Å². The Morgan fingerprint density at radius 2 is 1.95 bits per heavy atom. The molecule has 1 aliphatic rings. The van der Waals surface area contributed by atoms with E-state index >= 15 is 0 Å². The fraction of sp³-hybridized carbons (Fsp3) is 0.533. The van der Waals surface area contributed by atoms with Crippen LogP contribution in [0.2, 0.25) is 0 Å². The molecule has 19 heavy (non-hydrogen) atoms. The van der Waals surface area contributed by atoms with E-state index in [2.05, 4.69) is 55.8 Å². The van der Waals surface area contributed by atoms with Crippen molar-refractivity contribution in [2.75, 3.05) is 13.1 Å². The first-order chi connectivity index (χ1) is 8.52. The Labute approximate surface area is 122 Å². The first-order valence-electron chi connectivity index (χ1n) is 6.65. The van der Waals surface area contributed by atoms with Gasteiger partial charge in [0.05, 0.1) is 12.6 Å². The number of aryl methyl sites for hydroxylation is 1. The molecule has 0 aromatic heterocycles. The molecule has 1 aromatic rings. The lowest BCUT2D eigenvalue weighted by atomic mass is 9.97. The van der Waals surface area contributed by atoms with E-state index < -0.39 is 0 Å². The lowest BCUT2D eigenvalue weighted by molar-refractivity contribution is 0.370. The van der Waals surface area contributed by atoms with Gasteiger partial charge in [0.2, 0.25) is 0 Å². The average molecular weight is 282 g/mol. The van der Waals surface area contributed by atoms with Crippen molar-refractivity contribution in [1.29, 1.82) is 0 Å². The minimum Gasteiger partial charge on any atom is -0.354 e. The summed E-state index contributed by atoms with van der Waals surface area (Å²) in [5.41, 5.74) is 10.2.